The number of furan rings is 2. The minimum Gasteiger partial charge on any atom is -0.497 e. The van der Waals surface area contributed by atoms with Crippen molar-refractivity contribution in [3.63, 3.8) is 0 Å². The molecule has 4 rings (SSSR count). The maximum Gasteiger partial charge on any atom is 0.170 e. The van der Waals surface area contributed by atoms with Gasteiger partial charge >= 0.3 is 0 Å². The highest BCUT2D eigenvalue weighted by Crippen LogP contribution is 2.48. The van der Waals surface area contributed by atoms with Crippen LogP contribution in [-0.2, 0) is 11.2 Å². The zero-order valence-corrected chi connectivity index (χ0v) is 20.0. The van der Waals surface area contributed by atoms with E-state index in [9.17, 15) is 10.2 Å². The average Bonchev–Trinajstić information content (AvgIpc) is 3.60. The molecule has 0 amide bonds. The topological polar surface area (TPSA) is 85.2 Å². The minimum absolute atomic E-state index is 0.0513. The molecule has 2 aromatic heterocycles. The van der Waals surface area contributed by atoms with Crippen molar-refractivity contribution in [2.24, 2.45) is 0 Å². The van der Waals surface area contributed by atoms with Crippen molar-refractivity contribution < 1.29 is 28.5 Å². The van der Waals surface area contributed by atoms with Crippen LogP contribution < -0.4 is 9.47 Å². The predicted molar refractivity (Wildman–Crippen MR) is 136 cm³/mol. The maximum absolute atomic E-state index is 11.9. The van der Waals surface area contributed by atoms with Crippen LogP contribution in [0.2, 0.25) is 0 Å². The van der Waals surface area contributed by atoms with Crippen LogP contribution >= 0.6 is 0 Å². The van der Waals surface area contributed by atoms with E-state index in [0.29, 0.717) is 23.0 Å². The standard InChI is InChI=1S/C30H26O6/c1-5-17-29(31,27-15-13-25(35-27)21-9-7-11-23(19-21)33-3)30(32,18-6-2)28-16-14-26(36-28)22-10-8-12-24(20-22)34-4/h1-2,7-16,19-20,31-32H,17-18H2,3-4H3/t29-,30+. The van der Waals surface area contributed by atoms with Crippen LogP contribution in [-0.4, -0.2) is 24.4 Å². The predicted octanol–water partition coefficient (Wildman–Crippen LogP) is 5.35. The molecular weight excluding hydrogens is 456 g/mol. The monoisotopic (exact) mass is 482 g/mol. The molecule has 0 saturated carbocycles. The van der Waals surface area contributed by atoms with Gasteiger partial charge in [-0.1, -0.05) is 24.3 Å². The number of rotatable bonds is 9. The summed E-state index contributed by atoms with van der Waals surface area (Å²) in [7, 11) is 3.14. The molecule has 36 heavy (non-hydrogen) atoms. The molecule has 0 saturated heterocycles. The Morgan fingerprint density at radius 1 is 0.694 bits per heavy atom. The Balaban J connectivity index is 1.79. The number of hydrogen-bond donors (Lipinski definition) is 2. The van der Waals surface area contributed by atoms with Crippen LogP contribution in [0.1, 0.15) is 24.4 Å². The molecule has 6 nitrogen and oxygen atoms in total. The largest absolute Gasteiger partial charge is 0.497 e. The fraction of sp³-hybridized carbons (Fsp3) is 0.200. The second kappa shape index (κ2) is 10.1. The van der Waals surface area contributed by atoms with Crippen molar-refractivity contribution >= 4 is 0 Å². The van der Waals surface area contributed by atoms with Gasteiger partial charge in [0.1, 0.15) is 34.5 Å². The van der Waals surface area contributed by atoms with Crippen molar-refractivity contribution in [2.75, 3.05) is 14.2 Å². The van der Waals surface area contributed by atoms with Gasteiger partial charge in [-0.05, 0) is 48.5 Å². The summed E-state index contributed by atoms with van der Waals surface area (Å²) in [5.74, 6) is 7.20. The van der Waals surface area contributed by atoms with Crippen LogP contribution in [0.4, 0.5) is 0 Å². The van der Waals surface area contributed by atoms with E-state index in [1.165, 1.54) is 0 Å². The highest BCUT2D eigenvalue weighted by Gasteiger charge is 2.55. The summed E-state index contributed by atoms with van der Waals surface area (Å²) >= 11 is 0. The van der Waals surface area contributed by atoms with Crippen LogP contribution in [0.5, 0.6) is 11.5 Å². The molecule has 2 N–H and O–H groups in total. The molecule has 0 spiro atoms. The molecule has 0 radical (unpaired) electrons. The fourth-order valence-electron chi connectivity index (χ4n) is 4.15. The van der Waals surface area contributed by atoms with E-state index in [1.54, 1.807) is 50.6 Å². The van der Waals surface area contributed by atoms with Crippen molar-refractivity contribution in [1.29, 1.82) is 0 Å². The third kappa shape index (κ3) is 4.36. The number of aliphatic hydroxyl groups is 2. The molecule has 0 aliphatic carbocycles. The highest BCUT2D eigenvalue weighted by atomic mass is 16.5. The molecule has 4 aromatic rings. The van der Waals surface area contributed by atoms with E-state index in [2.05, 4.69) is 11.8 Å². The van der Waals surface area contributed by atoms with E-state index in [-0.39, 0.29) is 24.4 Å². The SMILES string of the molecule is C#CC[C@@](O)(c1ccc(-c2cccc(OC)c2)o1)[C@](O)(CC#C)c1ccc(-c2cccc(OC)c2)o1. The molecule has 2 atom stereocenters. The second-order valence-electron chi connectivity index (χ2n) is 8.27. The average molecular weight is 483 g/mol. The van der Waals surface area contributed by atoms with Gasteiger partial charge in [0.2, 0.25) is 0 Å². The highest BCUT2D eigenvalue weighted by molar-refractivity contribution is 5.61. The summed E-state index contributed by atoms with van der Waals surface area (Å²) in [6.45, 7) is 0. The summed E-state index contributed by atoms with van der Waals surface area (Å²) < 4.78 is 22.6. The first-order chi connectivity index (χ1) is 17.4. The second-order valence-corrected chi connectivity index (χ2v) is 8.27. The normalized spacial score (nSPS) is 14.2. The van der Waals surface area contributed by atoms with E-state index in [4.69, 9.17) is 31.2 Å². The smallest absolute Gasteiger partial charge is 0.170 e. The number of terminal acetylenes is 2. The lowest BCUT2D eigenvalue weighted by molar-refractivity contribution is -0.178. The van der Waals surface area contributed by atoms with Crippen LogP contribution in [0.3, 0.4) is 0 Å². The molecule has 6 heteroatoms. The first-order valence-electron chi connectivity index (χ1n) is 11.2. The Hall–Kier alpha value is -4.36. The van der Waals surface area contributed by atoms with Gasteiger partial charge in [-0.15, -0.1) is 24.7 Å². The van der Waals surface area contributed by atoms with Gasteiger partial charge in [0.15, 0.2) is 11.2 Å². The zero-order valence-electron chi connectivity index (χ0n) is 20.0. The Bertz CT molecular complexity index is 1320. The van der Waals surface area contributed by atoms with Gasteiger partial charge in [0.25, 0.3) is 0 Å². The lowest BCUT2D eigenvalue weighted by Crippen LogP contribution is -2.49. The number of ether oxygens (including phenoxy) is 2. The van der Waals surface area contributed by atoms with Gasteiger partial charge in [-0.3, -0.25) is 0 Å². The number of methoxy groups -OCH3 is 2. The van der Waals surface area contributed by atoms with E-state index in [0.717, 1.165) is 11.1 Å². The van der Waals surface area contributed by atoms with Crippen LogP contribution in [0.15, 0.2) is 81.6 Å². The third-order valence-electron chi connectivity index (χ3n) is 6.14. The quantitative estimate of drug-likeness (QED) is 0.313. The third-order valence-corrected chi connectivity index (χ3v) is 6.14. The Morgan fingerprint density at radius 2 is 1.11 bits per heavy atom. The van der Waals surface area contributed by atoms with Gasteiger partial charge in [-0.2, -0.15) is 0 Å². The summed E-state index contributed by atoms with van der Waals surface area (Å²) in [4.78, 5) is 0. The molecular formula is C30H26O6. The molecule has 2 aromatic carbocycles. The van der Waals surface area contributed by atoms with Crippen molar-refractivity contribution in [3.05, 3.63) is 84.3 Å². The van der Waals surface area contributed by atoms with Crippen molar-refractivity contribution in [3.8, 4) is 58.8 Å². The first-order valence-corrected chi connectivity index (χ1v) is 11.2. The molecule has 182 valence electrons. The molecule has 0 aliphatic heterocycles. The Kier molecular flexibility index (Phi) is 6.94. The maximum atomic E-state index is 11.9. The van der Waals surface area contributed by atoms with Gasteiger partial charge in [0.05, 0.1) is 14.2 Å². The number of benzene rings is 2. The lowest BCUT2D eigenvalue weighted by Gasteiger charge is -2.39. The van der Waals surface area contributed by atoms with Gasteiger partial charge in [-0.25, -0.2) is 0 Å². The summed E-state index contributed by atoms with van der Waals surface area (Å²) in [5.41, 5.74) is -2.73. The van der Waals surface area contributed by atoms with E-state index < -0.39 is 11.2 Å². The number of hydrogen-bond acceptors (Lipinski definition) is 6. The Labute approximate surface area is 210 Å². The van der Waals surface area contributed by atoms with Crippen molar-refractivity contribution in [1.82, 2.24) is 0 Å². The molecule has 0 aliphatic rings. The fourth-order valence-corrected chi connectivity index (χ4v) is 4.15. The van der Waals surface area contributed by atoms with E-state index in [1.807, 2.05) is 36.4 Å². The molecule has 0 unspecified atom stereocenters. The van der Waals surface area contributed by atoms with Crippen LogP contribution in [0, 0.1) is 24.7 Å². The summed E-state index contributed by atoms with van der Waals surface area (Å²) in [6.07, 6.45) is 10.7. The first kappa shape index (κ1) is 24.8. The van der Waals surface area contributed by atoms with Gasteiger partial charge in [0, 0.05) is 24.0 Å². The van der Waals surface area contributed by atoms with Crippen LogP contribution in [0.25, 0.3) is 22.6 Å². The summed E-state index contributed by atoms with van der Waals surface area (Å²) in [6, 6.07) is 21.0. The molecule has 2 heterocycles. The Morgan fingerprint density at radius 3 is 1.47 bits per heavy atom. The van der Waals surface area contributed by atoms with E-state index >= 15 is 0 Å². The zero-order chi connectivity index (χ0) is 25.8. The minimum atomic E-state index is -2.09. The summed E-state index contributed by atoms with van der Waals surface area (Å²) in [5, 5.41) is 23.8. The lowest BCUT2D eigenvalue weighted by atomic mass is 9.75. The van der Waals surface area contributed by atoms with Gasteiger partial charge < -0.3 is 28.5 Å². The molecule has 0 bridgehead atoms. The van der Waals surface area contributed by atoms with Crippen molar-refractivity contribution in [2.45, 2.75) is 24.0 Å². The molecule has 0 fully saturated rings.